The van der Waals surface area contributed by atoms with E-state index in [9.17, 15) is 0 Å². The van der Waals surface area contributed by atoms with Gasteiger partial charge in [0, 0.05) is 19.5 Å². The monoisotopic (exact) mass is 397 g/mol. The molecule has 0 bridgehead atoms. The van der Waals surface area contributed by atoms with E-state index in [0.29, 0.717) is 16.6 Å². The standard InChI is InChI=1S/C21H24ClN5O/c1-28-17-6-4-15(5-7-17)16-8-10-26(11-9-16)18-13-23-27-19(12-14-2-3-14)24-25-21(27)20(18)22/h4-7,13-14,16H,2-3,8-12H2,1H3. The number of aromatic nitrogens is 4. The van der Waals surface area contributed by atoms with Gasteiger partial charge in [0.1, 0.15) is 10.8 Å². The number of hydrogen-bond donors (Lipinski definition) is 0. The fraction of sp³-hybridized carbons (Fsp3) is 0.476. The Kier molecular flexibility index (Phi) is 4.59. The summed E-state index contributed by atoms with van der Waals surface area (Å²) in [5.41, 5.74) is 3.02. The Morgan fingerprint density at radius 1 is 1.07 bits per heavy atom. The Labute approximate surface area is 169 Å². The van der Waals surface area contributed by atoms with Crippen LogP contribution in [0.3, 0.4) is 0 Å². The lowest BCUT2D eigenvalue weighted by atomic mass is 9.89. The zero-order chi connectivity index (χ0) is 19.1. The lowest BCUT2D eigenvalue weighted by molar-refractivity contribution is 0.414. The van der Waals surface area contributed by atoms with Gasteiger partial charge in [0.25, 0.3) is 0 Å². The highest BCUT2D eigenvalue weighted by atomic mass is 35.5. The molecule has 0 atom stereocenters. The highest BCUT2D eigenvalue weighted by Gasteiger charge is 2.27. The maximum absolute atomic E-state index is 6.71. The number of benzene rings is 1. The summed E-state index contributed by atoms with van der Waals surface area (Å²) in [6.07, 6.45) is 7.56. The molecule has 0 spiro atoms. The van der Waals surface area contributed by atoms with E-state index in [4.69, 9.17) is 16.3 Å². The lowest BCUT2D eigenvalue weighted by Crippen LogP contribution is -2.33. The summed E-state index contributed by atoms with van der Waals surface area (Å²) in [5, 5.41) is 13.9. The van der Waals surface area contributed by atoms with E-state index in [0.717, 1.165) is 55.5 Å². The van der Waals surface area contributed by atoms with Crippen LogP contribution in [0, 0.1) is 5.92 Å². The van der Waals surface area contributed by atoms with Gasteiger partial charge in [-0.05, 0) is 55.2 Å². The molecule has 2 aliphatic rings. The summed E-state index contributed by atoms with van der Waals surface area (Å²) in [6.45, 7) is 1.91. The van der Waals surface area contributed by atoms with Crippen molar-refractivity contribution in [3.05, 3.63) is 46.9 Å². The molecule has 5 rings (SSSR count). The zero-order valence-corrected chi connectivity index (χ0v) is 16.8. The van der Waals surface area contributed by atoms with Crippen LogP contribution in [0.1, 0.15) is 43.0 Å². The number of piperidine rings is 1. The van der Waals surface area contributed by atoms with Crippen molar-refractivity contribution < 1.29 is 4.74 Å². The number of nitrogens with zero attached hydrogens (tertiary/aromatic N) is 5. The van der Waals surface area contributed by atoms with Gasteiger partial charge in [-0.3, -0.25) is 0 Å². The molecule has 2 fully saturated rings. The van der Waals surface area contributed by atoms with E-state index in [-0.39, 0.29) is 0 Å². The number of halogens is 1. The molecule has 1 saturated carbocycles. The molecule has 0 amide bonds. The van der Waals surface area contributed by atoms with Gasteiger partial charge in [0.05, 0.1) is 19.0 Å². The fourth-order valence-electron chi connectivity index (χ4n) is 4.11. The third-order valence-electron chi connectivity index (χ3n) is 6.01. The van der Waals surface area contributed by atoms with E-state index in [1.807, 2.05) is 22.8 Å². The van der Waals surface area contributed by atoms with Crippen LogP contribution in [0.2, 0.25) is 5.02 Å². The first-order valence-corrected chi connectivity index (χ1v) is 10.4. The van der Waals surface area contributed by atoms with Gasteiger partial charge in [0.2, 0.25) is 0 Å². The number of methoxy groups -OCH3 is 1. The molecule has 0 N–H and O–H groups in total. The van der Waals surface area contributed by atoms with E-state index < -0.39 is 0 Å². The van der Waals surface area contributed by atoms with Crippen molar-refractivity contribution in [3.63, 3.8) is 0 Å². The molecule has 1 aliphatic heterocycles. The van der Waals surface area contributed by atoms with Crippen LogP contribution >= 0.6 is 11.6 Å². The molecule has 146 valence electrons. The average molecular weight is 398 g/mol. The molecule has 2 aromatic heterocycles. The Hall–Kier alpha value is -2.34. The van der Waals surface area contributed by atoms with Crippen LogP contribution in [-0.2, 0) is 6.42 Å². The van der Waals surface area contributed by atoms with E-state index >= 15 is 0 Å². The Morgan fingerprint density at radius 2 is 1.82 bits per heavy atom. The number of anilines is 1. The average Bonchev–Trinajstić information content (AvgIpc) is 3.47. The van der Waals surface area contributed by atoms with Crippen molar-refractivity contribution in [2.45, 2.75) is 38.0 Å². The van der Waals surface area contributed by atoms with Crippen LogP contribution in [0.15, 0.2) is 30.5 Å². The Morgan fingerprint density at radius 3 is 2.50 bits per heavy atom. The summed E-state index contributed by atoms with van der Waals surface area (Å²) < 4.78 is 7.08. The minimum atomic E-state index is 0.566. The second-order valence-electron chi connectivity index (χ2n) is 7.88. The number of hydrogen-bond acceptors (Lipinski definition) is 5. The highest BCUT2D eigenvalue weighted by Crippen LogP contribution is 2.36. The molecule has 1 saturated heterocycles. The third-order valence-corrected chi connectivity index (χ3v) is 6.38. The van der Waals surface area contributed by atoms with Crippen molar-refractivity contribution in [1.29, 1.82) is 0 Å². The molecule has 3 heterocycles. The maximum Gasteiger partial charge on any atom is 0.198 e. The molecule has 1 aliphatic carbocycles. The topological polar surface area (TPSA) is 55.5 Å². The van der Waals surface area contributed by atoms with Crippen molar-refractivity contribution in [1.82, 2.24) is 19.8 Å². The van der Waals surface area contributed by atoms with E-state index in [2.05, 4.69) is 32.3 Å². The quantitative estimate of drug-likeness (QED) is 0.648. The zero-order valence-electron chi connectivity index (χ0n) is 16.0. The molecule has 1 aromatic carbocycles. The predicted molar refractivity (Wildman–Crippen MR) is 109 cm³/mol. The molecular weight excluding hydrogens is 374 g/mol. The first kappa shape index (κ1) is 17.7. The summed E-state index contributed by atoms with van der Waals surface area (Å²) in [6, 6.07) is 8.44. The first-order chi connectivity index (χ1) is 13.7. The normalized spacial score (nSPS) is 18.0. The van der Waals surface area contributed by atoms with Crippen LogP contribution < -0.4 is 9.64 Å². The second-order valence-corrected chi connectivity index (χ2v) is 8.26. The van der Waals surface area contributed by atoms with Crippen LogP contribution in [0.4, 0.5) is 5.69 Å². The maximum atomic E-state index is 6.71. The minimum absolute atomic E-state index is 0.566. The van der Waals surface area contributed by atoms with Crippen LogP contribution in [-0.4, -0.2) is 40.0 Å². The Balaban J connectivity index is 1.31. The highest BCUT2D eigenvalue weighted by molar-refractivity contribution is 6.36. The van der Waals surface area contributed by atoms with Gasteiger partial charge in [-0.2, -0.15) is 9.61 Å². The summed E-state index contributed by atoms with van der Waals surface area (Å²) in [5.74, 6) is 3.13. The molecule has 0 unspecified atom stereocenters. The number of ether oxygens (including phenoxy) is 1. The molecule has 6 nitrogen and oxygen atoms in total. The van der Waals surface area contributed by atoms with Gasteiger partial charge >= 0.3 is 0 Å². The van der Waals surface area contributed by atoms with Gasteiger partial charge in [0.15, 0.2) is 11.5 Å². The van der Waals surface area contributed by atoms with Crippen molar-refractivity contribution in [2.75, 3.05) is 25.1 Å². The summed E-state index contributed by atoms with van der Waals surface area (Å²) in [4.78, 5) is 2.32. The Bertz CT molecular complexity index is 974. The lowest BCUT2D eigenvalue weighted by Gasteiger charge is -2.34. The van der Waals surface area contributed by atoms with Gasteiger partial charge in [-0.1, -0.05) is 23.7 Å². The number of rotatable bonds is 5. The molecule has 7 heteroatoms. The summed E-state index contributed by atoms with van der Waals surface area (Å²) in [7, 11) is 1.70. The first-order valence-electron chi connectivity index (χ1n) is 10.0. The largest absolute Gasteiger partial charge is 0.497 e. The van der Waals surface area contributed by atoms with Crippen molar-refractivity contribution in [3.8, 4) is 5.75 Å². The minimum Gasteiger partial charge on any atom is -0.497 e. The third kappa shape index (κ3) is 3.30. The van der Waals surface area contributed by atoms with Crippen molar-refractivity contribution in [2.24, 2.45) is 5.92 Å². The molecular formula is C21H24ClN5O. The van der Waals surface area contributed by atoms with Gasteiger partial charge in [-0.15, -0.1) is 10.2 Å². The fourth-order valence-corrected chi connectivity index (χ4v) is 4.40. The second kappa shape index (κ2) is 7.24. The smallest absolute Gasteiger partial charge is 0.198 e. The molecule has 28 heavy (non-hydrogen) atoms. The molecule has 0 radical (unpaired) electrons. The van der Waals surface area contributed by atoms with Gasteiger partial charge < -0.3 is 9.64 Å². The predicted octanol–water partition coefficient (Wildman–Crippen LogP) is 4.12. The molecule has 3 aromatic rings. The summed E-state index contributed by atoms with van der Waals surface area (Å²) >= 11 is 6.71. The van der Waals surface area contributed by atoms with Gasteiger partial charge in [-0.25, -0.2) is 0 Å². The SMILES string of the molecule is COc1ccc(C2CCN(c3cnn4c(CC5CC5)nnc4c3Cl)CC2)cc1. The number of fused-ring (bicyclic) bond motifs is 1. The van der Waals surface area contributed by atoms with E-state index in [1.165, 1.54) is 18.4 Å². The van der Waals surface area contributed by atoms with Crippen molar-refractivity contribution >= 4 is 22.9 Å². The van der Waals surface area contributed by atoms with Crippen LogP contribution in [0.5, 0.6) is 5.75 Å². The van der Waals surface area contributed by atoms with E-state index in [1.54, 1.807) is 7.11 Å². The van der Waals surface area contributed by atoms with Crippen LogP contribution in [0.25, 0.3) is 5.65 Å².